The Balaban J connectivity index is 2.29. The summed E-state index contributed by atoms with van der Waals surface area (Å²) < 4.78 is 0. The lowest BCUT2D eigenvalue weighted by molar-refractivity contribution is -0.121. The Labute approximate surface area is 89.9 Å². The minimum atomic E-state index is 0.201. The van der Waals surface area contributed by atoms with E-state index in [0.717, 1.165) is 12.0 Å². The molecule has 0 radical (unpaired) electrons. The van der Waals surface area contributed by atoms with Gasteiger partial charge in [-0.15, -0.1) is 0 Å². The van der Waals surface area contributed by atoms with E-state index in [-0.39, 0.29) is 5.92 Å². The highest BCUT2D eigenvalue weighted by atomic mass is 16.3. The van der Waals surface area contributed by atoms with Crippen LogP contribution in [0.3, 0.4) is 0 Å². The summed E-state index contributed by atoms with van der Waals surface area (Å²) in [6.07, 6.45) is 2.22. The third-order valence-corrected chi connectivity index (χ3v) is 3.35. The highest BCUT2D eigenvalue weighted by molar-refractivity contribution is 5.80. The number of Topliss-reactive ketones (excluding diaryl/α,β-unsaturated/α-hetero) is 1. The Hall–Kier alpha value is -1.31. The van der Waals surface area contributed by atoms with Crippen molar-refractivity contribution < 1.29 is 9.90 Å². The number of benzene rings is 1. The number of aromatic hydroxyl groups is 1. The highest BCUT2D eigenvalue weighted by Crippen LogP contribution is 2.39. The molecule has 1 aliphatic carbocycles. The maximum Gasteiger partial charge on any atom is 0.133 e. The summed E-state index contributed by atoms with van der Waals surface area (Å²) in [5.74, 6) is 1.33. The zero-order valence-corrected chi connectivity index (χ0v) is 8.94. The minimum absolute atomic E-state index is 0.201. The van der Waals surface area contributed by atoms with Gasteiger partial charge in [0.25, 0.3) is 0 Å². The van der Waals surface area contributed by atoms with E-state index in [0.29, 0.717) is 30.3 Å². The zero-order valence-electron chi connectivity index (χ0n) is 8.94. The number of hydrogen-bond donors (Lipinski definition) is 1. The summed E-state index contributed by atoms with van der Waals surface area (Å²) in [6, 6.07) is 7.35. The van der Waals surface area contributed by atoms with Crippen molar-refractivity contribution in [2.75, 3.05) is 0 Å². The molecular formula is C13H16O2. The quantitative estimate of drug-likeness (QED) is 0.763. The van der Waals surface area contributed by atoms with Gasteiger partial charge in [-0.1, -0.05) is 25.1 Å². The SMILES string of the molecule is CC1CCC(=O)CC1c1ccccc1O. The smallest absolute Gasteiger partial charge is 0.133 e. The van der Waals surface area contributed by atoms with Crippen LogP contribution in [-0.2, 0) is 4.79 Å². The van der Waals surface area contributed by atoms with E-state index < -0.39 is 0 Å². The Kier molecular flexibility index (Phi) is 2.76. The first-order valence-corrected chi connectivity index (χ1v) is 5.48. The Morgan fingerprint density at radius 1 is 1.33 bits per heavy atom. The molecule has 2 atom stereocenters. The molecule has 1 fully saturated rings. The first-order valence-electron chi connectivity index (χ1n) is 5.48. The van der Waals surface area contributed by atoms with Crippen LogP contribution < -0.4 is 0 Å². The third kappa shape index (κ3) is 2.04. The summed E-state index contributed by atoms with van der Waals surface area (Å²) in [5, 5.41) is 9.76. The van der Waals surface area contributed by atoms with Crippen molar-refractivity contribution in [3.63, 3.8) is 0 Å². The van der Waals surface area contributed by atoms with Crippen LogP contribution in [-0.4, -0.2) is 10.9 Å². The standard InChI is InChI=1S/C13H16O2/c1-9-6-7-10(14)8-12(9)11-4-2-3-5-13(11)15/h2-5,9,12,15H,6-8H2,1H3. The minimum Gasteiger partial charge on any atom is -0.508 e. The molecule has 0 bridgehead atoms. The van der Waals surface area contributed by atoms with Crippen molar-refractivity contribution in [1.82, 2.24) is 0 Å². The van der Waals surface area contributed by atoms with Gasteiger partial charge in [0.05, 0.1) is 0 Å². The van der Waals surface area contributed by atoms with Gasteiger partial charge in [0.1, 0.15) is 11.5 Å². The molecule has 1 aromatic rings. The van der Waals surface area contributed by atoms with Gasteiger partial charge in [-0.25, -0.2) is 0 Å². The van der Waals surface area contributed by atoms with E-state index in [2.05, 4.69) is 6.92 Å². The van der Waals surface area contributed by atoms with Crippen molar-refractivity contribution in [2.45, 2.75) is 32.1 Å². The Bertz CT molecular complexity index is 371. The van der Waals surface area contributed by atoms with Gasteiger partial charge >= 0.3 is 0 Å². The van der Waals surface area contributed by atoms with E-state index in [1.807, 2.05) is 18.2 Å². The fourth-order valence-corrected chi connectivity index (χ4v) is 2.36. The molecule has 2 heteroatoms. The summed E-state index contributed by atoms with van der Waals surface area (Å²) in [6.45, 7) is 2.16. The Morgan fingerprint density at radius 2 is 2.07 bits per heavy atom. The van der Waals surface area contributed by atoms with E-state index in [9.17, 15) is 9.90 Å². The third-order valence-electron chi connectivity index (χ3n) is 3.35. The van der Waals surface area contributed by atoms with Crippen molar-refractivity contribution in [2.24, 2.45) is 5.92 Å². The van der Waals surface area contributed by atoms with Gasteiger partial charge < -0.3 is 5.11 Å². The van der Waals surface area contributed by atoms with Crippen molar-refractivity contribution in [1.29, 1.82) is 0 Å². The van der Waals surface area contributed by atoms with E-state index in [1.54, 1.807) is 6.07 Å². The summed E-state index contributed by atoms with van der Waals surface area (Å²) in [5.41, 5.74) is 0.929. The van der Waals surface area contributed by atoms with E-state index >= 15 is 0 Å². The molecule has 0 heterocycles. The van der Waals surface area contributed by atoms with Gasteiger partial charge in [-0.3, -0.25) is 4.79 Å². The number of rotatable bonds is 1. The maximum atomic E-state index is 11.4. The number of phenolic OH excluding ortho intramolecular Hbond substituents is 1. The number of phenols is 1. The second-order valence-corrected chi connectivity index (χ2v) is 4.42. The lowest BCUT2D eigenvalue weighted by Crippen LogP contribution is -2.21. The number of para-hydroxylation sites is 1. The van der Waals surface area contributed by atoms with Gasteiger partial charge in [0.15, 0.2) is 0 Å². The van der Waals surface area contributed by atoms with Gasteiger partial charge in [-0.2, -0.15) is 0 Å². The fraction of sp³-hybridized carbons (Fsp3) is 0.462. The molecule has 0 aliphatic heterocycles. The molecule has 2 rings (SSSR count). The zero-order chi connectivity index (χ0) is 10.8. The highest BCUT2D eigenvalue weighted by Gasteiger charge is 2.28. The molecule has 0 aromatic heterocycles. The number of carbonyl (C=O) groups excluding carboxylic acids is 1. The monoisotopic (exact) mass is 204 g/mol. The molecule has 1 aromatic carbocycles. The second-order valence-electron chi connectivity index (χ2n) is 4.42. The first kappa shape index (κ1) is 10.2. The molecule has 80 valence electrons. The Morgan fingerprint density at radius 3 is 2.80 bits per heavy atom. The molecular weight excluding hydrogens is 188 g/mol. The van der Waals surface area contributed by atoms with Crippen molar-refractivity contribution in [3.05, 3.63) is 29.8 Å². The van der Waals surface area contributed by atoms with Crippen LogP contribution in [0.2, 0.25) is 0 Å². The summed E-state index contributed by atoms with van der Waals surface area (Å²) >= 11 is 0. The predicted octanol–water partition coefficient (Wildman–Crippen LogP) is 2.86. The van der Waals surface area contributed by atoms with Crippen LogP contribution in [0, 0.1) is 5.92 Å². The fourth-order valence-electron chi connectivity index (χ4n) is 2.36. The molecule has 1 saturated carbocycles. The average Bonchev–Trinajstić information content (AvgIpc) is 2.23. The van der Waals surface area contributed by atoms with Gasteiger partial charge in [0.2, 0.25) is 0 Å². The molecule has 0 saturated heterocycles. The number of carbonyl (C=O) groups is 1. The molecule has 0 amide bonds. The first-order chi connectivity index (χ1) is 7.18. The van der Waals surface area contributed by atoms with Crippen LogP contribution in [0.1, 0.15) is 37.7 Å². The molecule has 15 heavy (non-hydrogen) atoms. The van der Waals surface area contributed by atoms with Crippen LogP contribution in [0.25, 0.3) is 0 Å². The van der Waals surface area contributed by atoms with Gasteiger partial charge in [-0.05, 0) is 29.9 Å². The summed E-state index contributed by atoms with van der Waals surface area (Å²) in [4.78, 5) is 11.4. The topological polar surface area (TPSA) is 37.3 Å². The van der Waals surface area contributed by atoms with Crippen molar-refractivity contribution in [3.8, 4) is 5.75 Å². The maximum absolute atomic E-state index is 11.4. The number of hydrogen-bond acceptors (Lipinski definition) is 2. The summed E-state index contributed by atoms with van der Waals surface area (Å²) in [7, 11) is 0. The normalized spacial score (nSPS) is 26.6. The predicted molar refractivity (Wildman–Crippen MR) is 58.9 cm³/mol. The lowest BCUT2D eigenvalue weighted by atomic mass is 9.76. The molecule has 2 nitrogen and oxygen atoms in total. The van der Waals surface area contributed by atoms with E-state index in [4.69, 9.17) is 0 Å². The second kappa shape index (κ2) is 4.05. The van der Waals surface area contributed by atoms with Gasteiger partial charge in [0, 0.05) is 12.8 Å². The van der Waals surface area contributed by atoms with E-state index in [1.165, 1.54) is 0 Å². The number of ketones is 1. The molecule has 2 unspecified atom stereocenters. The van der Waals surface area contributed by atoms with Crippen LogP contribution in [0.4, 0.5) is 0 Å². The average molecular weight is 204 g/mol. The molecule has 1 aliphatic rings. The molecule has 0 spiro atoms. The van der Waals surface area contributed by atoms with Crippen molar-refractivity contribution >= 4 is 5.78 Å². The molecule has 1 N–H and O–H groups in total. The van der Waals surface area contributed by atoms with Crippen LogP contribution in [0.15, 0.2) is 24.3 Å². The largest absolute Gasteiger partial charge is 0.508 e. The lowest BCUT2D eigenvalue weighted by Gasteiger charge is -2.28. The van der Waals surface area contributed by atoms with Crippen LogP contribution in [0.5, 0.6) is 5.75 Å². The van der Waals surface area contributed by atoms with Crippen LogP contribution >= 0.6 is 0 Å².